The normalized spacial score (nSPS) is 33.6. The largest absolute Gasteiger partial charge is 0.493 e. The summed E-state index contributed by atoms with van der Waals surface area (Å²) >= 11 is 0. The first-order valence-corrected chi connectivity index (χ1v) is 11.6. The van der Waals surface area contributed by atoms with E-state index >= 15 is 0 Å². The van der Waals surface area contributed by atoms with Gasteiger partial charge in [0.1, 0.15) is 0 Å². The SMILES string of the molecule is COc1cc2c(cc1OCC13CCC(C1)C3)CCN1CC(OC(C)(C)C)CCC21. The van der Waals surface area contributed by atoms with Gasteiger partial charge in [-0.05, 0) is 94.9 Å². The van der Waals surface area contributed by atoms with Crippen LogP contribution < -0.4 is 9.47 Å². The third kappa shape index (κ3) is 3.79. The van der Waals surface area contributed by atoms with E-state index in [9.17, 15) is 0 Å². The molecular weight excluding hydrogens is 362 g/mol. The van der Waals surface area contributed by atoms with Gasteiger partial charge in [0.05, 0.1) is 25.4 Å². The van der Waals surface area contributed by atoms with Crippen LogP contribution in [0, 0.1) is 11.3 Å². The third-order valence-electron chi connectivity index (χ3n) is 7.67. The van der Waals surface area contributed by atoms with E-state index in [1.807, 2.05) is 0 Å². The maximum atomic E-state index is 6.37. The van der Waals surface area contributed by atoms with E-state index in [1.54, 1.807) is 7.11 Å². The monoisotopic (exact) mass is 399 g/mol. The van der Waals surface area contributed by atoms with Gasteiger partial charge in [0.15, 0.2) is 11.5 Å². The Hall–Kier alpha value is -1.26. The Bertz CT molecular complexity index is 757. The van der Waals surface area contributed by atoms with Crippen LogP contribution in [0.2, 0.25) is 0 Å². The van der Waals surface area contributed by atoms with Gasteiger partial charge in [-0.1, -0.05) is 0 Å². The Morgan fingerprint density at radius 3 is 2.62 bits per heavy atom. The van der Waals surface area contributed by atoms with E-state index in [1.165, 1.54) is 36.8 Å². The smallest absolute Gasteiger partial charge is 0.161 e. The van der Waals surface area contributed by atoms with Crippen molar-refractivity contribution in [2.24, 2.45) is 11.3 Å². The number of hydrogen-bond donors (Lipinski definition) is 0. The lowest BCUT2D eigenvalue weighted by atomic mass is 9.70. The Morgan fingerprint density at radius 2 is 1.93 bits per heavy atom. The molecule has 5 aliphatic rings. The van der Waals surface area contributed by atoms with E-state index in [0.29, 0.717) is 17.6 Å². The van der Waals surface area contributed by atoms with E-state index in [-0.39, 0.29) is 5.60 Å². The predicted octanol–water partition coefficient (Wildman–Crippen LogP) is 5.14. The minimum atomic E-state index is -0.0695. The summed E-state index contributed by atoms with van der Waals surface area (Å²) in [6, 6.07) is 5.04. The average Bonchev–Trinajstić information content (AvgIpc) is 3.25. The van der Waals surface area contributed by atoms with Crippen LogP contribution in [0.25, 0.3) is 0 Å². The Balaban J connectivity index is 1.31. The molecule has 4 fully saturated rings. The molecule has 2 heterocycles. The average molecular weight is 400 g/mol. The molecule has 0 N–H and O–H groups in total. The van der Waals surface area contributed by atoms with Gasteiger partial charge in [0.25, 0.3) is 0 Å². The first kappa shape index (κ1) is 19.7. The van der Waals surface area contributed by atoms with Crippen molar-refractivity contribution in [2.45, 2.75) is 83.5 Å². The van der Waals surface area contributed by atoms with Crippen LogP contribution in [-0.4, -0.2) is 43.4 Å². The van der Waals surface area contributed by atoms with Crippen molar-refractivity contribution < 1.29 is 14.2 Å². The number of fused-ring (bicyclic) bond motifs is 4. The van der Waals surface area contributed by atoms with Crippen LogP contribution in [0.1, 0.15) is 76.5 Å². The van der Waals surface area contributed by atoms with Gasteiger partial charge in [-0.2, -0.15) is 0 Å². The minimum Gasteiger partial charge on any atom is -0.493 e. The topological polar surface area (TPSA) is 30.9 Å². The van der Waals surface area contributed by atoms with Crippen molar-refractivity contribution in [1.82, 2.24) is 4.90 Å². The van der Waals surface area contributed by atoms with Crippen molar-refractivity contribution in [3.8, 4) is 11.5 Å². The molecule has 3 saturated carbocycles. The van der Waals surface area contributed by atoms with Crippen LogP contribution in [0.3, 0.4) is 0 Å². The number of rotatable bonds is 5. The van der Waals surface area contributed by atoms with E-state index in [4.69, 9.17) is 14.2 Å². The number of piperidine rings is 1. The summed E-state index contributed by atoms with van der Waals surface area (Å²) in [6.07, 6.45) is 9.20. The van der Waals surface area contributed by atoms with Crippen LogP contribution in [-0.2, 0) is 11.2 Å². The lowest BCUT2D eigenvalue weighted by molar-refractivity contribution is -0.0971. The van der Waals surface area contributed by atoms with Gasteiger partial charge >= 0.3 is 0 Å². The van der Waals surface area contributed by atoms with Crippen molar-refractivity contribution in [2.75, 3.05) is 26.8 Å². The highest BCUT2D eigenvalue weighted by Crippen LogP contribution is 2.59. The highest BCUT2D eigenvalue weighted by atomic mass is 16.5. The number of nitrogens with zero attached hydrogens (tertiary/aromatic N) is 1. The van der Waals surface area contributed by atoms with Crippen molar-refractivity contribution in [3.63, 3.8) is 0 Å². The fraction of sp³-hybridized carbons (Fsp3) is 0.760. The minimum absolute atomic E-state index is 0.0695. The van der Waals surface area contributed by atoms with Crippen LogP contribution in [0.4, 0.5) is 0 Å². The molecule has 0 aromatic heterocycles. The molecule has 1 aromatic rings. The molecule has 0 spiro atoms. The summed E-state index contributed by atoms with van der Waals surface area (Å²) in [6.45, 7) is 9.48. The predicted molar refractivity (Wildman–Crippen MR) is 115 cm³/mol. The van der Waals surface area contributed by atoms with Crippen molar-refractivity contribution >= 4 is 0 Å². The zero-order valence-electron chi connectivity index (χ0n) is 18.6. The Kier molecular flexibility index (Phi) is 4.86. The third-order valence-corrected chi connectivity index (χ3v) is 7.67. The fourth-order valence-corrected chi connectivity index (χ4v) is 6.39. The molecule has 160 valence electrons. The molecule has 2 atom stereocenters. The standard InChI is InChI=1S/C25H37NO3/c1-24(2,3)29-19-5-6-21-20-12-22(27-4)23(11-18(20)8-10-26(21)15-19)28-16-25-9-7-17(13-25)14-25/h11-12,17,19,21H,5-10,13-16H2,1-4H3. The highest BCUT2D eigenvalue weighted by Gasteiger charge is 2.50. The molecule has 29 heavy (non-hydrogen) atoms. The van der Waals surface area contributed by atoms with Gasteiger partial charge in [-0.15, -0.1) is 0 Å². The lowest BCUT2D eigenvalue weighted by Gasteiger charge is -2.45. The van der Waals surface area contributed by atoms with Gasteiger partial charge in [-0.3, -0.25) is 4.90 Å². The van der Waals surface area contributed by atoms with Crippen LogP contribution in [0.5, 0.6) is 11.5 Å². The molecular formula is C25H37NO3. The van der Waals surface area contributed by atoms with Gasteiger partial charge < -0.3 is 14.2 Å². The molecule has 0 radical (unpaired) electrons. The van der Waals surface area contributed by atoms with Crippen molar-refractivity contribution in [1.29, 1.82) is 0 Å². The molecule has 1 saturated heterocycles. The summed E-state index contributed by atoms with van der Waals surface area (Å²) in [5.74, 6) is 2.84. The van der Waals surface area contributed by atoms with E-state index < -0.39 is 0 Å². The van der Waals surface area contributed by atoms with Crippen LogP contribution >= 0.6 is 0 Å². The molecule has 4 heteroatoms. The first-order valence-electron chi connectivity index (χ1n) is 11.6. The molecule has 4 nitrogen and oxygen atoms in total. The van der Waals surface area contributed by atoms with E-state index in [0.717, 1.165) is 56.4 Å². The number of ether oxygens (including phenoxy) is 3. The number of hydrogen-bond acceptors (Lipinski definition) is 4. The maximum absolute atomic E-state index is 6.37. The molecule has 2 bridgehead atoms. The van der Waals surface area contributed by atoms with Gasteiger partial charge in [0.2, 0.25) is 0 Å². The molecule has 1 aromatic carbocycles. The zero-order chi connectivity index (χ0) is 20.2. The first-order chi connectivity index (χ1) is 13.8. The summed E-state index contributed by atoms with van der Waals surface area (Å²) in [7, 11) is 1.77. The Morgan fingerprint density at radius 1 is 1.10 bits per heavy atom. The lowest BCUT2D eigenvalue weighted by Crippen LogP contribution is -2.47. The van der Waals surface area contributed by atoms with Gasteiger partial charge in [0, 0.05) is 24.5 Å². The summed E-state index contributed by atoms with van der Waals surface area (Å²) < 4.78 is 18.4. The molecule has 3 aliphatic carbocycles. The Labute approximate surface area is 175 Å². The number of benzene rings is 1. The second kappa shape index (κ2) is 7.16. The van der Waals surface area contributed by atoms with Gasteiger partial charge in [-0.25, -0.2) is 0 Å². The zero-order valence-corrected chi connectivity index (χ0v) is 18.6. The summed E-state index contributed by atoms with van der Waals surface area (Å²) in [5.41, 5.74) is 3.29. The molecule has 2 aliphatic heterocycles. The summed E-state index contributed by atoms with van der Waals surface area (Å²) in [4.78, 5) is 2.62. The fourth-order valence-electron chi connectivity index (χ4n) is 6.39. The maximum Gasteiger partial charge on any atom is 0.161 e. The highest BCUT2D eigenvalue weighted by molar-refractivity contribution is 5.49. The molecule has 6 rings (SSSR count). The summed E-state index contributed by atoms with van der Waals surface area (Å²) in [5, 5.41) is 0. The second-order valence-electron chi connectivity index (χ2n) is 11.0. The second-order valence-corrected chi connectivity index (χ2v) is 11.0. The van der Waals surface area contributed by atoms with E-state index in [2.05, 4.69) is 37.8 Å². The molecule has 0 amide bonds. The quantitative estimate of drug-likeness (QED) is 0.686. The molecule has 2 unspecified atom stereocenters. The van der Waals surface area contributed by atoms with Crippen molar-refractivity contribution in [3.05, 3.63) is 23.3 Å². The van der Waals surface area contributed by atoms with Crippen LogP contribution in [0.15, 0.2) is 12.1 Å². The number of methoxy groups -OCH3 is 1.